The van der Waals surface area contributed by atoms with Gasteiger partial charge in [-0.2, -0.15) is 0 Å². The van der Waals surface area contributed by atoms with E-state index in [0.29, 0.717) is 30.4 Å². The molecule has 1 atom stereocenters. The van der Waals surface area contributed by atoms with Crippen LogP contribution in [0, 0.1) is 0 Å². The maximum absolute atomic E-state index is 13.6. The molecule has 0 radical (unpaired) electrons. The van der Waals surface area contributed by atoms with Crippen LogP contribution in [-0.4, -0.2) is 83.1 Å². The Hall–Kier alpha value is -3.66. The van der Waals surface area contributed by atoms with Crippen LogP contribution in [0.3, 0.4) is 0 Å². The van der Waals surface area contributed by atoms with E-state index < -0.39 is 23.5 Å². The lowest BCUT2D eigenvalue weighted by Gasteiger charge is -2.36. The van der Waals surface area contributed by atoms with Crippen molar-refractivity contribution in [3.05, 3.63) is 53.2 Å². The number of halogens is 1. The average Bonchev–Trinajstić information content (AvgIpc) is 2.98. The van der Waals surface area contributed by atoms with Gasteiger partial charge in [-0.05, 0) is 45.7 Å². The molecule has 1 aliphatic heterocycles. The highest BCUT2D eigenvalue weighted by atomic mass is 35.5. The number of amides is 3. The van der Waals surface area contributed by atoms with Crippen molar-refractivity contribution in [1.82, 2.24) is 20.1 Å². The van der Waals surface area contributed by atoms with Gasteiger partial charge in [-0.3, -0.25) is 14.4 Å². The van der Waals surface area contributed by atoms with Crippen LogP contribution in [0.1, 0.15) is 76.7 Å². The molecule has 0 spiro atoms. The molecular formula is C32H43ClN4O6. The standard InChI is InChI=1S/C32H43ClN4O6/c1-5-6-7-11-20-42-31(41)37-18-16-36(17-19-37)30(40)25(14-15-28(38)43-32(2,3)4)35-29(39)27-22-24(33)21-26(34-27)23-12-9-8-10-13-23/h8-10,12-13,21-22,25H,5-7,11,14-20H2,1-4H3,(H,35,39)/t25-/m0/s1. The highest BCUT2D eigenvalue weighted by molar-refractivity contribution is 6.31. The number of rotatable bonds is 12. The number of piperazine rings is 1. The topological polar surface area (TPSA) is 118 Å². The lowest BCUT2D eigenvalue weighted by Crippen LogP contribution is -2.56. The molecule has 1 aromatic heterocycles. The second kappa shape index (κ2) is 16.3. The number of hydrogen-bond donors (Lipinski definition) is 1. The molecule has 1 aliphatic rings. The Morgan fingerprint density at radius 2 is 1.65 bits per heavy atom. The number of carbonyl (C=O) groups is 4. The van der Waals surface area contributed by atoms with E-state index >= 15 is 0 Å². The SMILES string of the molecule is CCCCCCOC(=O)N1CCN(C(=O)[C@H](CCC(=O)OC(C)(C)C)NC(=O)c2cc(Cl)cc(-c3ccccc3)n2)CC1. The van der Waals surface area contributed by atoms with Crippen molar-refractivity contribution in [1.29, 1.82) is 0 Å². The zero-order valence-corrected chi connectivity index (χ0v) is 26.3. The van der Waals surface area contributed by atoms with Gasteiger partial charge < -0.3 is 24.6 Å². The van der Waals surface area contributed by atoms with Crippen LogP contribution in [-0.2, 0) is 19.1 Å². The first-order chi connectivity index (χ1) is 20.5. The zero-order valence-electron chi connectivity index (χ0n) is 25.6. The molecule has 3 amide bonds. The molecule has 0 saturated carbocycles. The normalized spacial score (nSPS) is 14.2. The van der Waals surface area contributed by atoms with E-state index in [1.54, 1.807) is 36.6 Å². The van der Waals surface area contributed by atoms with E-state index in [2.05, 4.69) is 17.2 Å². The van der Waals surface area contributed by atoms with Crippen molar-refractivity contribution in [2.24, 2.45) is 0 Å². The minimum absolute atomic E-state index is 0.0333. The molecule has 1 saturated heterocycles. The van der Waals surface area contributed by atoms with Crippen molar-refractivity contribution < 1.29 is 28.7 Å². The predicted octanol–water partition coefficient (Wildman–Crippen LogP) is 5.48. The minimum atomic E-state index is -1.02. The van der Waals surface area contributed by atoms with Crippen molar-refractivity contribution >= 4 is 35.5 Å². The van der Waals surface area contributed by atoms with Crippen LogP contribution in [0.4, 0.5) is 4.79 Å². The van der Waals surface area contributed by atoms with E-state index in [1.165, 1.54) is 6.07 Å². The molecule has 10 nitrogen and oxygen atoms in total. The third-order valence-corrected chi connectivity index (χ3v) is 7.04. The number of aromatic nitrogens is 1. The van der Waals surface area contributed by atoms with Gasteiger partial charge in [0.15, 0.2) is 0 Å². The van der Waals surface area contributed by atoms with Gasteiger partial charge in [0, 0.05) is 43.2 Å². The van der Waals surface area contributed by atoms with Crippen LogP contribution >= 0.6 is 11.6 Å². The van der Waals surface area contributed by atoms with Crippen LogP contribution in [0.2, 0.25) is 5.02 Å². The second-order valence-electron chi connectivity index (χ2n) is 11.6. The molecule has 1 fully saturated rings. The summed E-state index contributed by atoms with van der Waals surface area (Å²) in [5.41, 5.74) is 0.671. The van der Waals surface area contributed by atoms with Gasteiger partial charge in [0.25, 0.3) is 5.91 Å². The van der Waals surface area contributed by atoms with Gasteiger partial charge in [-0.1, -0.05) is 68.1 Å². The van der Waals surface area contributed by atoms with Gasteiger partial charge in [0.2, 0.25) is 5.91 Å². The third-order valence-electron chi connectivity index (χ3n) is 6.83. The molecular weight excluding hydrogens is 572 g/mol. The van der Waals surface area contributed by atoms with Crippen LogP contribution in [0.25, 0.3) is 11.3 Å². The number of hydrogen-bond acceptors (Lipinski definition) is 7. The number of esters is 1. The summed E-state index contributed by atoms with van der Waals surface area (Å²) in [4.78, 5) is 59.6. The van der Waals surface area contributed by atoms with E-state index in [-0.39, 0.29) is 43.6 Å². The molecule has 2 heterocycles. The molecule has 1 aromatic carbocycles. The molecule has 234 valence electrons. The number of nitrogens with one attached hydrogen (secondary N) is 1. The van der Waals surface area contributed by atoms with E-state index in [1.807, 2.05) is 30.3 Å². The lowest BCUT2D eigenvalue weighted by atomic mass is 10.1. The highest BCUT2D eigenvalue weighted by Gasteiger charge is 2.32. The summed E-state index contributed by atoms with van der Waals surface area (Å²) in [6, 6.07) is 11.4. The summed E-state index contributed by atoms with van der Waals surface area (Å²) < 4.78 is 10.8. The summed E-state index contributed by atoms with van der Waals surface area (Å²) in [5.74, 6) is -1.42. The number of unbranched alkanes of at least 4 members (excludes halogenated alkanes) is 3. The van der Waals surface area contributed by atoms with Crippen LogP contribution < -0.4 is 5.32 Å². The number of pyridine rings is 1. The van der Waals surface area contributed by atoms with Gasteiger partial charge in [0.1, 0.15) is 17.3 Å². The van der Waals surface area contributed by atoms with Gasteiger partial charge >= 0.3 is 12.1 Å². The van der Waals surface area contributed by atoms with Crippen molar-refractivity contribution in [2.75, 3.05) is 32.8 Å². The summed E-state index contributed by atoms with van der Waals surface area (Å²) in [5, 5.41) is 3.09. The Morgan fingerprint density at radius 1 is 0.977 bits per heavy atom. The van der Waals surface area contributed by atoms with Gasteiger partial charge in [0.05, 0.1) is 12.3 Å². The van der Waals surface area contributed by atoms with Gasteiger partial charge in [-0.15, -0.1) is 0 Å². The zero-order chi connectivity index (χ0) is 31.4. The fourth-order valence-corrected chi connectivity index (χ4v) is 4.83. The monoisotopic (exact) mass is 614 g/mol. The first-order valence-electron chi connectivity index (χ1n) is 14.9. The summed E-state index contributed by atoms with van der Waals surface area (Å²) in [7, 11) is 0. The highest BCUT2D eigenvalue weighted by Crippen LogP contribution is 2.22. The average molecular weight is 615 g/mol. The fourth-order valence-electron chi connectivity index (χ4n) is 4.62. The fraction of sp³-hybridized carbons (Fsp3) is 0.531. The maximum atomic E-state index is 13.6. The largest absolute Gasteiger partial charge is 0.460 e. The molecule has 0 unspecified atom stereocenters. The first-order valence-corrected chi connectivity index (χ1v) is 15.3. The molecule has 1 N–H and O–H groups in total. The summed E-state index contributed by atoms with van der Waals surface area (Å²) >= 11 is 6.32. The maximum Gasteiger partial charge on any atom is 0.409 e. The lowest BCUT2D eigenvalue weighted by molar-refractivity contribution is -0.155. The molecule has 3 rings (SSSR count). The number of benzene rings is 1. The molecule has 43 heavy (non-hydrogen) atoms. The number of carbonyl (C=O) groups excluding carboxylic acids is 4. The Morgan fingerprint density at radius 3 is 2.30 bits per heavy atom. The van der Waals surface area contributed by atoms with E-state index in [0.717, 1.165) is 31.2 Å². The minimum Gasteiger partial charge on any atom is -0.460 e. The summed E-state index contributed by atoms with van der Waals surface area (Å²) in [6.45, 7) is 8.95. The summed E-state index contributed by atoms with van der Waals surface area (Å²) in [6.07, 6.45) is 3.62. The van der Waals surface area contributed by atoms with Gasteiger partial charge in [-0.25, -0.2) is 9.78 Å². The predicted molar refractivity (Wildman–Crippen MR) is 165 cm³/mol. The van der Waals surface area contributed by atoms with Crippen molar-refractivity contribution in [3.63, 3.8) is 0 Å². The van der Waals surface area contributed by atoms with Crippen molar-refractivity contribution in [3.8, 4) is 11.3 Å². The first kappa shape index (κ1) is 33.8. The number of nitrogens with zero attached hydrogens (tertiary/aromatic N) is 3. The smallest absolute Gasteiger partial charge is 0.409 e. The Bertz CT molecular complexity index is 1240. The molecule has 0 aliphatic carbocycles. The van der Waals surface area contributed by atoms with E-state index in [9.17, 15) is 19.2 Å². The van der Waals surface area contributed by atoms with Crippen molar-refractivity contribution in [2.45, 2.75) is 77.9 Å². The second-order valence-corrected chi connectivity index (χ2v) is 12.0. The molecule has 2 aromatic rings. The molecule has 11 heteroatoms. The van der Waals surface area contributed by atoms with Crippen LogP contribution in [0.5, 0.6) is 0 Å². The molecule has 0 bridgehead atoms. The quantitative estimate of drug-likeness (QED) is 0.248. The Labute approximate surface area is 259 Å². The van der Waals surface area contributed by atoms with E-state index in [4.69, 9.17) is 21.1 Å². The third kappa shape index (κ3) is 11.2. The van der Waals surface area contributed by atoms with Crippen LogP contribution in [0.15, 0.2) is 42.5 Å². The number of ether oxygens (including phenoxy) is 2. The Kier molecular flexibility index (Phi) is 12.8. The Balaban J connectivity index is 1.68.